The summed E-state index contributed by atoms with van der Waals surface area (Å²) in [5, 5.41) is 71.9. The molecule has 2 aliphatic rings. The molecule has 0 aromatic heterocycles. The van der Waals surface area contributed by atoms with E-state index in [0.29, 0.717) is 12.8 Å². The van der Waals surface area contributed by atoms with Crippen LogP contribution in [0.3, 0.4) is 0 Å². The van der Waals surface area contributed by atoms with E-state index in [1.807, 2.05) is 0 Å². The van der Waals surface area contributed by atoms with Gasteiger partial charge in [-0.25, -0.2) is 0 Å². The van der Waals surface area contributed by atoms with Gasteiger partial charge < -0.3 is 64.2 Å². The molecule has 2 saturated heterocycles. The third-order valence-corrected chi connectivity index (χ3v) is 11.6. The highest BCUT2D eigenvalue weighted by atomic mass is 16.7. The highest BCUT2D eigenvalue weighted by molar-refractivity contribution is 5.70. The summed E-state index contributed by atoms with van der Waals surface area (Å²) in [5.41, 5.74) is 0. The number of aliphatic hydroxyl groups is 7. The van der Waals surface area contributed by atoms with E-state index in [1.54, 1.807) is 0 Å². The van der Waals surface area contributed by atoms with Gasteiger partial charge >= 0.3 is 11.9 Å². The molecule has 15 heteroatoms. The van der Waals surface area contributed by atoms with Crippen LogP contribution in [0.25, 0.3) is 0 Å². The molecule has 0 spiro atoms. The third kappa shape index (κ3) is 25.0. The van der Waals surface area contributed by atoms with Crippen LogP contribution in [0.15, 0.2) is 36.5 Å². The highest BCUT2D eigenvalue weighted by Crippen LogP contribution is 2.26. The number of hydrogen-bond acceptors (Lipinski definition) is 15. The van der Waals surface area contributed by atoms with Crippen molar-refractivity contribution in [1.29, 1.82) is 0 Å². The van der Waals surface area contributed by atoms with E-state index in [2.05, 4.69) is 50.3 Å². The van der Waals surface area contributed by atoms with E-state index in [9.17, 15) is 45.3 Å². The molecule has 372 valence electrons. The van der Waals surface area contributed by atoms with Gasteiger partial charge in [0.2, 0.25) is 0 Å². The summed E-state index contributed by atoms with van der Waals surface area (Å²) in [4.78, 5) is 25.7. The van der Waals surface area contributed by atoms with Gasteiger partial charge in [-0.15, -0.1) is 0 Å². The Morgan fingerprint density at radius 3 is 1.52 bits per heavy atom. The van der Waals surface area contributed by atoms with E-state index in [0.717, 1.165) is 64.2 Å². The lowest BCUT2D eigenvalue weighted by Crippen LogP contribution is -2.61. The van der Waals surface area contributed by atoms with Crippen LogP contribution < -0.4 is 0 Å². The largest absolute Gasteiger partial charge is 0.462 e. The molecule has 11 atom stereocenters. The molecule has 4 unspecified atom stereocenters. The summed E-state index contributed by atoms with van der Waals surface area (Å²) in [6.45, 7) is 2.51. The van der Waals surface area contributed by atoms with Gasteiger partial charge in [-0.05, 0) is 70.6 Å². The van der Waals surface area contributed by atoms with Crippen molar-refractivity contribution in [1.82, 2.24) is 0 Å². The molecule has 0 radical (unpaired) electrons. The smallest absolute Gasteiger partial charge is 0.306 e. The van der Waals surface area contributed by atoms with Gasteiger partial charge in [0, 0.05) is 12.8 Å². The fourth-order valence-corrected chi connectivity index (χ4v) is 7.48. The van der Waals surface area contributed by atoms with E-state index in [4.69, 9.17) is 28.4 Å². The Bertz CT molecular complexity index is 1260. The normalized spacial score (nSPS) is 26.9. The molecule has 2 heterocycles. The first-order valence-electron chi connectivity index (χ1n) is 24.6. The number of esters is 2. The number of carbonyl (C=O) groups excluding carboxylic acids is 2. The molecule has 0 aromatic carbocycles. The van der Waals surface area contributed by atoms with Crippen LogP contribution in [0.5, 0.6) is 0 Å². The maximum atomic E-state index is 13.0. The van der Waals surface area contributed by atoms with Crippen molar-refractivity contribution in [2.45, 2.75) is 235 Å². The quantitative estimate of drug-likeness (QED) is 0.0211. The number of ether oxygens (including phenoxy) is 6. The molecule has 0 amide bonds. The first-order chi connectivity index (χ1) is 31.0. The Hall–Kier alpha value is -2.28. The maximum absolute atomic E-state index is 13.0. The van der Waals surface area contributed by atoms with E-state index >= 15 is 0 Å². The monoisotopic (exact) mass is 915 g/mol. The summed E-state index contributed by atoms with van der Waals surface area (Å²) in [6.07, 6.45) is 20.4. The Labute approximate surface area is 383 Å². The van der Waals surface area contributed by atoms with Crippen molar-refractivity contribution in [2.24, 2.45) is 0 Å². The van der Waals surface area contributed by atoms with E-state index < -0.39 is 99.3 Å². The van der Waals surface area contributed by atoms with Gasteiger partial charge in [0.05, 0.1) is 19.8 Å². The van der Waals surface area contributed by atoms with Gasteiger partial charge in [0.1, 0.15) is 55.4 Å². The van der Waals surface area contributed by atoms with Crippen molar-refractivity contribution in [2.75, 3.05) is 26.4 Å². The molecule has 0 aromatic rings. The fraction of sp³-hybridized carbons (Fsp3) is 0.837. The van der Waals surface area contributed by atoms with Crippen molar-refractivity contribution < 1.29 is 73.8 Å². The van der Waals surface area contributed by atoms with Crippen LogP contribution in [-0.4, -0.2) is 142 Å². The summed E-state index contributed by atoms with van der Waals surface area (Å²) in [7, 11) is 0. The number of carbonyl (C=O) groups is 2. The van der Waals surface area contributed by atoms with Gasteiger partial charge in [0.15, 0.2) is 18.7 Å². The van der Waals surface area contributed by atoms with E-state index in [1.165, 1.54) is 64.2 Å². The molecule has 7 N–H and O–H groups in total. The van der Waals surface area contributed by atoms with Crippen LogP contribution in [0.4, 0.5) is 0 Å². The van der Waals surface area contributed by atoms with Crippen molar-refractivity contribution in [3.63, 3.8) is 0 Å². The van der Waals surface area contributed by atoms with Gasteiger partial charge in [-0.1, -0.05) is 121 Å². The number of unbranched alkanes of at least 4 members (excludes halogenated alkanes) is 17. The molecular formula is C49H86O15. The molecular weight excluding hydrogens is 829 g/mol. The molecule has 2 fully saturated rings. The first kappa shape index (κ1) is 57.8. The lowest BCUT2D eigenvalue weighted by molar-refractivity contribution is -0.332. The minimum Gasteiger partial charge on any atom is -0.462 e. The highest BCUT2D eigenvalue weighted by Gasteiger charge is 2.47. The zero-order valence-electron chi connectivity index (χ0n) is 39.0. The van der Waals surface area contributed by atoms with E-state index in [-0.39, 0.29) is 19.4 Å². The van der Waals surface area contributed by atoms with Crippen molar-refractivity contribution in [3.05, 3.63) is 36.5 Å². The van der Waals surface area contributed by atoms with Crippen LogP contribution in [0.2, 0.25) is 0 Å². The second-order valence-corrected chi connectivity index (χ2v) is 17.3. The van der Waals surface area contributed by atoms with Crippen molar-refractivity contribution >= 4 is 11.9 Å². The Morgan fingerprint density at radius 1 is 0.500 bits per heavy atom. The molecule has 64 heavy (non-hydrogen) atoms. The summed E-state index contributed by atoms with van der Waals surface area (Å²) in [5.74, 6) is -0.974. The standard InChI is InChI=1S/C49H86O15/c1-3-5-7-9-11-13-15-17-18-20-21-23-25-27-29-31-40(51)59-34-37(62-41(52)32-30-28-26-24-22-19-16-14-12-10-8-6-4-2)35-60-48-47(58)45(56)43(54)39(64-48)36-61-49-46(57)44(55)42(53)38(33-50)63-49/h14,16-18,21,23,37-39,42-50,53-58H,3-13,15,19-20,22,24-36H2,1-2H3/b16-14+,18-17+,23-21+/t37-,38-,39-,42+,43+,44?,45?,46?,47?,48-,49-/m1/s1. The number of rotatable bonds is 37. The molecule has 2 aliphatic heterocycles. The molecule has 0 aliphatic carbocycles. The zero-order valence-corrected chi connectivity index (χ0v) is 39.0. The zero-order chi connectivity index (χ0) is 46.8. The van der Waals surface area contributed by atoms with Crippen LogP contribution in [0.1, 0.15) is 168 Å². The molecule has 2 rings (SSSR count). The Balaban J connectivity index is 1.85. The van der Waals surface area contributed by atoms with Gasteiger partial charge in [-0.2, -0.15) is 0 Å². The SMILES string of the molecule is CCCCCC/C=C/CCCCCCCC(=O)O[C@H](COC(=O)CCCC/C=C/C/C=C/CCCCCCCC)CO[C@@H]1O[C@H](CO[C@@H]2O[C@H](CO)[C@H](O)C(O)C2O)[C@H](O)C(O)C1O. The lowest BCUT2D eigenvalue weighted by atomic mass is 9.98. The topological polar surface area (TPSA) is 231 Å². The van der Waals surface area contributed by atoms with Crippen LogP contribution in [-0.2, 0) is 38.0 Å². The number of allylic oxidation sites excluding steroid dienone is 6. The predicted molar refractivity (Wildman–Crippen MR) is 243 cm³/mol. The van der Waals surface area contributed by atoms with Crippen LogP contribution in [0, 0.1) is 0 Å². The second kappa shape index (κ2) is 36.8. The second-order valence-electron chi connectivity index (χ2n) is 17.3. The summed E-state index contributed by atoms with van der Waals surface area (Å²) >= 11 is 0. The van der Waals surface area contributed by atoms with Crippen LogP contribution >= 0.6 is 0 Å². The lowest BCUT2D eigenvalue weighted by Gasteiger charge is -2.42. The van der Waals surface area contributed by atoms with Gasteiger partial charge in [-0.3, -0.25) is 9.59 Å². The molecule has 15 nitrogen and oxygen atoms in total. The minimum absolute atomic E-state index is 0.148. The van der Waals surface area contributed by atoms with Gasteiger partial charge in [0.25, 0.3) is 0 Å². The molecule has 0 bridgehead atoms. The third-order valence-electron chi connectivity index (χ3n) is 11.6. The Morgan fingerprint density at radius 2 is 0.938 bits per heavy atom. The average molecular weight is 915 g/mol. The predicted octanol–water partition coefficient (Wildman–Crippen LogP) is 6.15. The first-order valence-corrected chi connectivity index (χ1v) is 24.6. The maximum Gasteiger partial charge on any atom is 0.306 e. The fourth-order valence-electron chi connectivity index (χ4n) is 7.48. The van der Waals surface area contributed by atoms with Crippen molar-refractivity contribution in [3.8, 4) is 0 Å². The number of aliphatic hydroxyl groups excluding tert-OH is 7. The minimum atomic E-state index is -1.77. The summed E-state index contributed by atoms with van der Waals surface area (Å²) < 4.78 is 33.5. The summed E-state index contributed by atoms with van der Waals surface area (Å²) in [6, 6.07) is 0. The number of hydrogen-bond donors (Lipinski definition) is 7. The molecule has 0 saturated carbocycles. The Kier molecular flexibility index (Phi) is 33.3. The average Bonchev–Trinajstić information content (AvgIpc) is 3.29.